The fourth-order valence-electron chi connectivity index (χ4n) is 3.09. The number of nitrogens with zero attached hydrogens (tertiary/aromatic N) is 1. The van der Waals surface area contributed by atoms with Crippen molar-refractivity contribution in [2.24, 2.45) is 0 Å². The maximum atomic E-state index is 12.5. The zero-order chi connectivity index (χ0) is 19.2. The third-order valence-corrected chi connectivity index (χ3v) is 4.48. The third kappa shape index (κ3) is 4.53. The number of benzene rings is 1. The van der Waals surface area contributed by atoms with Gasteiger partial charge in [-0.2, -0.15) is 0 Å². The van der Waals surface area contributed by atoms with Crippen LogP contribution in [0.4, 0.5) is 16.3 Å². The van der Waals surface area contributed by atoms with Crippen molar-refractivity contribution in [1.29, 1.82) is 5.41 Å². The first-order valence-corrected chi connectivity index (χ1v) is 8.84. The molecule has 2 amide bonds. The Bertz CT molecular complexity index is 805. The number of rotatable bonds is 5. The number of amidine groups is 1. The summed E-state index contributed by atoms with van der Waals surface area (Å²) in [5.41, 5.74) is 7.78. The molecule has 0 radical (unpaired) electrons. The van der Waals surface area contributed by atoms with Crippen molar-refractivity contribution in [2.75, 3.05) is 24.7 Å². The van der Waals surface area contributed by atoms with Crippen molar-refractivity contribution in [3.8, 4) is 0 Å². The van der Waals surface area contributed by atoms with E-state index in [9.17, 15) is 4.79 Å². The van der Waals surface area contributed by atoms with Gasteiger partial charge in [0, 0.05) is 31.6 Å². The first kappa shape index (κ1) is 18.7. The van der Waals surface area contributed by atoms with E-state index in [-0.39, 0.29) is 24.0 Å². The van der Waals surface area contributed by atoms with Gasteiger partial charge in [0.1, 0.15) is 11.7 Å². The molecular weight excluding hydrogens is 344 g/mol. The molecule has 1 aliphatic rings. The van der Waals surface area contributed by atoms with Crippen molar-refractivity contribution in [3.05, 3.63) is 53.7 Å². The molecule has 8 heteroatoms. The highest BCUT2D eigenvalue weighted by Crippen LogP contribution is 2.27. The summed E-state index contributed by atoms with van der Waals surface area (Å²) in [6, 6.07) is 10.7. The van der Waals surface area contributed by atoms with Crippen LogP contribution in [0.25, 0.3) is 0 Å². The van der Waals surface area contributed by atoms with Crippen molar-refractivity contribution >= 4 is 23.4 Å². The van der Waals surface area contributed by atoms with E-state index in [1.165, 1.54) is 12.3 Å². The fourth-order valence-corrected chi connectivity index (χ4v) is 3.09. The lowest BCUT2D eigenvalue weighted by Gasteiger charge is -2.24. The average Bonchev–Trinajstić information content (AvgIpc) is 3.21. The molecule has 2 heterocycles. The number of ether oxygens (including phenoxy) is 1. The summed E-state index contributed by atoms with van der Waals surface area (Å²) >= 11 is 0. The smallest absolute Gasteiger partial charge is 0.320 e. The minimum Gasteiger partial charge on any atom is -0.398 e. The van der Waals surface area contributed by atoms with Crippen LogP contribution in [0.1, 0.15) is 30.0 Å². The first-order chi connectivity index (χ1) is 13.1. The number of amides is 2. The lowest BCUT2D eigenvalue weighted by Crippen LogP contribution is -2.38. The number of hydrogen-bond acceptors (Lipinski definition) is 5. The molecule has 1 aromatic heterocycles. The van der Waals surface area contributed by atoms with Crippen LogP contribution >= 0.6 is 0 Å². The summed E-state index contributed by atoms with van der Waals surface area (Å²) in [4.78, 5) is 16.7. The number of nitrogens with two attached hydrogens (primary N) is 1. The molecule has 1 aliphatic heterocycles. The summed E-state index contributed by atoms with van der Waals surface area (Å²) in [5.74, 6) is 0.482. The van der Waals surface area contributed by atoms with Gasteiger partial charge in [-0.3, -0.25) is 10.7 Å². The second-order valence-electron chi connectivity index (χ2n) is 6.32. The highest BCUT2D eigenvalue weighted by Gasteiger charge is 2.28. The highest BCUT2D eigenvalue weighted by atomic mass is 16.5. The molecule has 0 saturated carbocycles. The predicted octanol–water partition coefficient (Wildman–Crippen LogP) is 2.25. The van der Waals surface area contributed by atoms with Gasteiger partial charge in [0.2, 0.25) is 0 Å². The number of nitrogens with one attached hydrogen (secondary N) is 4. The molecule has 6 N–H and O–H groups in total. The van der Waals surface area contributed by atoms with Gasteiger partial charge < -0.3 is 21.1 Å². The standard InChI is InChI=1S/C19H24N6O2/c1-22-18(21)13-11-23-16(10-14(13)20)24-19(26)25-17(15-8-5-9-27-15)12-6-3-2-4-7-12/h2-4,6-7,10-11,15,17H,5,8-9H2,1H3,(H2,21,22)(H4,20,23,24,25,26). The molecule has 8 nitrogen and oxygen atoms in total. The fraction of sp³-hybridized carbons (Fsp3) is 0.316. The van der Waals surface area contributed by atoms with E-state index >= 15 is 0 Å². The minimum absolute atomic E-state index is 0.0605. The third-order valence-electron chi connectivity index (χ3n) is 4.48. The molecule has 2 unspecified atom stereocenters. The number of pyridine rings is 1. The van der Waals surface area contributed by atoms with Crippen LogP contribution in [0, 0.1) is 5.41 Å². The Morgan fingerprint density at radius 1 is 1.37 bits per heavy atom. The summed E-state index contributed by atoms with van der Waals surface area (Å²) in [5, 5.41) is 16.2. The Hall–Kier alpha value is -3.13. The van der Waals surface area contributed by atoms with Gasteiger partial charge >= 0.3 is 6.03 Å². The first-order valence-electron chi connectivity index (χ1n) is 8.84. The molecular formula is C19H24N6O2. The van der Waals surface area contributed by atoms with E-state index in [1.807, 2.05) is 30.3 Å². The van der Waals surface area contributed by atoms with Crippen molar-refractivity contribution in [3.63, 3.8) is 0 Å². The van der Waals surface area contributed by atoms with Crippen LogP contribution in [0.5, 0.6) is 0 Å². The summed E-state index contributed by atoms with van der Waals surface area (Å²) in [7, 11) is 1.64. The van der Waals surface area contributed by atoms with Crippen molar-refractivity contribution < 1.29 is 9.53 Å². The van der Waals surface area contributed by atoms with Crippen LogP contribution < -0.4 is 21.7 Å². The summed E-state index contributed by atoms with van der Waals surface area (Å²) < 4.78 is 5.79. The zero-order valence-electron chi connectivity index (χ0n) is 15.2. The van der Waals surface area contributed by atoms with E-state index < -0.39 is 0 Å². The number of hydrogen-bond donors (Lipinski definition) is 5. The number of nitrogen functional groups attached to an aromatic ring is 1. The largest absolute Gasteiger partial charge is 0.398 e. The molecule has 0 bridgehead atoms. The SMILES string of the molecule is CNC(=N)c1cnc(NC(=O)NC(c2ccccc2)C2CCCO2)cc1N. The van der Waals surface area contributed by atoms with E-state index in [0.717, 1.165) is 18.4 Å². The second kappa shape index (κ2) is 8.50. The van der Waals surface area contributed by atoms with Gasteiger partial charge in [0.15, 0.2) is 0 Å². The second-order valence-corrected chi connectivity index (χ2v) is 6.32. The topological polar surface area (TPSA) is 125 Å². The Morgan fingerprint density at radius 3 is 2.78 bits per heavy atom. The summed E-state index contributed by atoms with van der Waals surface area (Å²) in [6.45, 7) is 0.703. The van der Waals surface area contributed by atoms with E-state index in [1.54, 1.807) is 7.05 Å². The molecule has 2 aromatic rings. The number of urea groups is 1. The van der Waals surface area contributed by atoms with Gasteiger partial charge in [-0.1, -0.05) is 30.3 Å². The van der Waals surface area contributed by atoms with Crippen LogP contribution in [-0.4, -0.2) is 36.6 Å². The lowest BCUT2D eigenvalue weighted by molar-refractivity contribution is 0.0815. The van der Waals surface area contributed by atoms with Crippen LogP contribution in [-0.2, 0) is 4.74 Å². The van der Waals surface area contributed by atoms with Gasteiger partial charge in [0.05, 0.1) is 17.7 Å². The summed E-state index contributed by atoms with van der Waals surface area (Å²) in [6.07, 6.45) is 3.27. The van der Waals surface area contributed by atoms with Crippen molar-refractivity contribution in [2.45, 2.75) is 25.0 Å². The lowest BCUT2D eigenvalue weighted by atomic mass is 9.99. The van der Waals surface area contributed by atoms with Crippen LogP contribution in [0.2, 0.25) is 0 Å². The maximum Gasteiger partial charge on any atom is 0.320 e. The van der Waals surface area contributed by atoms with Crippen molar-refractivity contribution in [1.82, 2.24) is 15.6 Å². The number of carbonyl (C=O) groups is 1. The molecule has 1 fully saturated rings. The number of carbonyl (C=O) groups excluding carboxylic acids is 1. The highest BCUT2D eigenvalue weighted by molar-refractivity contribution is 6.01. The zero-order valence-corrected chi connectivity index (χ0v) is 15.2. The number of anilines is 2. The Kier molecular flexibility index (Phi) is 5.87. The van der Waals surface area contributed by atoms with E-state index in [0.29, 0.717) is 23.7 Å². The van der Waals surface area contributed by atoms with E-state index in [4.69, 9.17) is 15.9 Å². The minimum atomic E-state index is -0.386. The predicted molar refractivity (Wildman–Crippen MR) is 105 cm³/mol. The van der Waals surface area contributed by atoms with Gasteiger partial charge in [-0.25, -0.2) is 9.78 Å². The molecule has 1 saturated heterocycles. The molecule has 3 rings (SSSR count). The van der Waals surface area contributed by atoms with Gasteiger partial charge in [-0.05, 0) is 18.4 Å². The molecule has 142 valence electrons. The van der Waals surface area contributed by atoms with Gasteiger partial charge in [0.25, 0.3) is 0 Å². The normalized spacial score (nSPS) is 17.1. The molecule has 2 atom stereocenters. The Balaban J connectivity index is 1.71. The Morgan fingerprint density at radius 2 is 2.15 bits per heavy atom. The number of aromatic nitrogens is 1. The monoisotopic (exact) mass is 368 g/mol. The maximum absolute atomic E-state index is 12.5. The molecule has 27 heavy (non-hydrogen) atoms. The van der Waals surface area contributed by atoms with Crippen LogP contribution in [0.15, 0.2) is 42.6 Å². The molecule has 1 aromatic carbocycles. The molecule has 0 spiro atoms. The molecule has 0 aliphatic carbocycles. The van der Waals surface area contributed by atoms with Gasteiger partial charge in [-0.15, -0.1) is 0 Å². The van der Waals surface area contributed by atoms with E-state index in [2.05, 4.69) is 20.9 Å². The Labute approximate surface area is 158 Å². The average molecular weight is 368 g/mol. The van der Waals surface area contributed by atoms with Crippen LogP contribution in [0.3, 0.4) is 0 Å². The quantitative estimate of drug-likeness (QED) is 0.409.